The lowest BCUT2D eigenvalue weighted by Crippen LogP contribution is -2.10. The second-order valence-electron chi connectivity index (χ2n) is 5.24. The molecule has 112 valence electrons. The summed E-state index contributed by atoms with van der Waals surface area (Å²) in [6, 6.07) is 5.45. The minimum absolute atomic E-state index is 0.605. The zero-order valence-corrected chi connectivity index (χ0v) is 12.0. The Morgan fingerprint density at radius 3 is 2.95 bits per heavy atom. The molecule has 1 aromatic heterocycles. The van der Waals surface area contributed by atoms with Gasteiger partial charge in [-0.25, -0.2) is 4.68 Å². The molecule has 0 spiro atoms. The van der Waals surface area contributed by atoms with Gasteiger partial charge in [-0.1, -0.05) is 0 Å². The topological polar surface area (TPSA) is 88.1 Å². The summed E-state index contributed by atoms with van der Waals surface area (Å²) in [5.41, 5.74) is 7.32. The molecular formula is C14H19N5O2. The quantitative estimate of drug-likeness (QED) is 0.611. The van der Waals surface area contributed by atoms with Crippen molar-refractivity contribution in [3.63, 3.8) is 0 Å². The number of hydrogen-bond donors (Lipinski definition) is 1. The molecule has 1 aromatic carbocycles. The monoisotopic (exact) mass is 289 g/mol. The van der Waals surface area contributed by atoms with Crippen LogP contribution in [0.5, 0.6) is 5.75 Å². The Balaban J connectivity index is 1.69. The minimum Gasteiger partial charge on any atom is -0.497 e. The van der Waals surface area contributed by atoms with Crippen LogP contribution in [-0.4, -0.2) is 40.5 Å². The van der Waals surface area contributed by atoms with E-state index in [4.69, 9.17) is 15.2 Å². The number of rotatable bonds is 7. The molecule has 0 bridgehead atoms. The summed E-state index contributed by atoms with van der Waals surface area (Å²) in [7, 11) is 1.60. The number of nitrogens with zero attached hydrogens (tertiary/aromatic N) is 4. The van der Waals surface area contributed by atoms with Crippen LogP contribution >= 0.6 is 0 Å². The van der Waals surface area contributed by atoms with Gasteiger partial charge in [0.05, 0.1) is 20.3 Å². The zero-order chi connectivity index (χ0) is 14.7. The van der Waals surface area contributed by atoms with Crippen LogP contribution in [0.2, 0.25) is 0 Å². The van der Waals surface area contributed by atoms with Crippen LogP contribution in [0.15, 0.2) is 18.2 Å². The van der Waals surface area contributed by atoms with Gasteiger partial charge in [-0.15, -0.1) is 5.10 Å². The molecule has 0 atom stereocenters. The van der Waals surface area contributed by atoms with Crippen molar-refractivity contribution < 1.29 is 9.47 Å². The third-order valence-electron chi connectivity index (χ3n) is 3.45. The van der Waals surface area contributed by atoms with Crippen LogP contribution in [0, 0.1) is 5.92 Å². The molecule has 1 fully saturated rings. The highest BCUT2D eigenvalue weighted by Crippen LogP contribution is 2.29. The van der Waals surface area contributed by atoms with Gasteiger partial charge in [-0.05, 0) is 41.3 Å². The lowest BCUT2D eigenvalue weighted by molar-refractivity contribution is 0.114. The lowest BCUT2D eigenvalue weighted by Gasteiger charge is -2.08. The summed E-state index contributed by atoms with van der Waals surface area (Å²) in [4.78, 5) is 0. The molecule has 21 heavy (non-hydrogen) atoms. The van der Waals surface area contributed by atoms with Crippen molar-refractivity contribution in [3.05, 3.63) is 18.2 Å². The first-order chi connectivity index (χ1) is 10.3. The van der Waals surface area contributed by atoms with E-state index in [0.717, 1.165) is 18.1 Å². The van der Waals surface area contributed by atoms with Crippen molar-refractivity contribution in [1.82, 2.24) is 20.2 Å². The molecule has 2 aromatic rings. The van der Waals surface area contributed by atoms with E-state index in [2.05, 4.69) is 15.5 Å². The number of nitrogens with two attached hydrogens (primary N) is 1. The van der Waals surface area contributed by atoms with Crippen molar-refractivity contribution in [2.75, 3.05) is 26.1 Å². The Kier molecular flexibility index (Phi) is 4.01. The van der Waals surface area contributed by atoms with E-state index in [1.54, 1.807) is 17.9 Å². The van der Waals surface area contributed by atoms with E-state index in [1.165, 1.54) is 12.8 Å². The Labute approximate surface area is 123 Å². The van der Waals surface area contributed by atoms with Gasteiger partial charge < -0.3 is 15.2 Å². The first-order valence-corrected chi connectivity index (χ1v) is 7.05. The van der Waals surface area contributed by atoms with Gasteiger partial charge in [0.1, 0.15) is 5.75 Å². The molecule has 1 saturated carbocycles. The highest BCUT2D eigenvalue weighted by Gasteiger charge is 2.21. The fourth-order valence-electron chi connectivity index (χ4n) is 2.12. The van der Waals surface area contributed by atoms with Crippen LogP contribution in [0.4, 0.5) is 5.69 Å². The van der Waals surface area contributed by atoms with Gasteiger partial charge in [0.25, 0.3) is 0 Å². The van der Waals surface area contributed by atoms with Crippen molar-refractivity contribution in [2.45, 2.75) is 19.4 Å². The maximum atomic E-state index is 5.87. The maximum absolute atomic E-state index is 5.87. The molecule has 1 heterocycles. The SMILES string of the molecule is COc1cc(N)cc(-c2nnnn2CCOCC2CC2)c1. The number of nitrogen functional groups attached to an aromatic ring is 1. The van der Waals surface area contributed by atoms with E-state index < -0.39 is 0 Å². The van der Waals surface area contributed by atoms with Crippen molar-refractivity contribution >= 4 is 5.69 Å². The van der Waals surface area contributed by atoms with Crippen LogP contribution < -0.4 is 10.5 Å². The molecule has 0 radical (unpaired) electrons. The van der Waals surface area contributed by atoms with Gasteiger partial charge in [0, 0.05) is 23.9 Å². The molecule has 7 nitrogen and oxygen atoms in total. The van der Waals surface area contributed by atoms with Crippen molar-refractivity contribution in [2.24, 2.45) is 5.92 Å². The summed E-state index contributed by atoms with van der Waals surface area (Å²) in [5, 5.41) is 11.8. The van der Waals surface area contributed by atoms with Gasteiger partial charge >= 0.3 is 0 Å². The number of hydrogen-bond acceptors (Lipinski definition) is 6. The standard InChI is InChI=1S/C14H19N5O2/c1-20-13-7-11(6-12(15)8-13)14-16-17-18-19(14)4-5-21-9-10-2-3-10/h6-8,10H,2-5,9,15H2,1H3. The summed E-state index contributed by atoms with van der Waals surface area (Å²) in [6.07, 6.45) is 2.58. The summed E-state index contributed by atoms with van der Waals surface area (Å²) < 4.78 is 12.6. The highest BCUT2D eigenvalue weighted by atomic mass is 16.5. The van der Waals surface area contributed by atoms with E-state index in [9.17, 15) is 0 Å². The Bertz CT molecular complexity index is 609. The number of aromatic nitrogens is 4. The fraction of sp³-hybridized carbons (Fsp3) is 0.500. The largest absolute Gasteiger partial charge is 0.497 e. The highest BCUT2D eigenvalue weighted by molar-refractivity contribution is 5.64. The molecule has 0 saturated heterocycles. The van der Waals surface area contributed by atoms with Gasteiger partial charge in [0.15, 0.2) is 5.82 Å². The second kappa shape index (κ2) is 6.09. The van der Waals surface area contributed by atoms with Crippen LogP contribution in [0.1, 0.15) is 12.8 Å². The number of benzene rings is 1. The Morgan fingerprint density at radius 2 is 2.19 bits per heavy atom. The predicted octanol–water partition coefficient (Wildman–Crippen LogP) is 1.36. The molecule has 0 unspecified atom stereocenters. The van der Waals surface area contributed by atoms with Gasteiger partial charge in [0.2, 0.25) is 0 Å². The third-order valence-corrected chi connectivity index (χ3v) is 3.45. The molecule has 2 N–H and O–H groups in total. The number of ether oxygens (including phenoxy) is 2. The predicted molar refractivity (Wildman–Crippen MR) is 77.8 cm³/mol. The smallest absolute Gasteiger partial charge is 0.182 e. The average Bonchev–Trinajstić information content (AvgIpc) is 3.19. The van der Waals surface area contributed by atoms with Crippen molar-refractivity contribution in [3.8, 4) is 17.1 Å². The fourth-order valence-corrected chi connectivity index (χ4v) is 2.12. The van der Waals surface area contributed by atoms with Crippen LogP contribution in [0.25, 0.3) is 11.4 Å². The zero-order valence-electron chi connectivity index (χ0n) is 12.0. The van der Waals surface area contributed by atoms with Gasteiger partial charge in [-0.2, -0.15) is 0 Å². The Hall–Kier alpha value is -2.15. The first-order valence-electron chi connectivity index (χ1n) is 7.05. The molecule has 1 aliphatic carbocycles. The average molecular weight is 289 g/mol. The number of anilines is 1. The summed E-state index contributed by atoms with van der Waals surface area (Å²) in [5.74, 6) is 2.11. The first kappa shape index (κ1) is 13.8. The Morgan fingerprint density at radius 1 is 1.33 bits per heavy atom. The number of tetrazole rings is 1. The van der Waals surface area contributed by atoms with Gasteiger partial charge in [-0.3, -0.25) is 0 Å². The molecule has 0 aliphatic heterocycles. The molecule has 7 heteroatoms. The number of methoxy groups -OCH3 is 1. The van der Waals surface area contributed by atoms with E-state index in [1.807, 2.05) is 12.1 Å². The van der Waals surface area contributed by atoms with E-state index in [0.29, 0.717) is 30.4 Å². The lowest BCUT2D eigenvalue weighted by atomic mass is 10.2. The second-order valence-corrected chi connectivity index (χ2v) is 5.24. The van der Waals surface area contributed by atoms with E-state index >= 15 is 0 Å². The third kappa shape index (κ3) is 3.49. The van der Waals surface area contributed by atoms with Crippen molar-refractivity contribution in [1.29, 1.82) is 0 Å². The van der Waals surface area contributed by atoms with Crippen LogP contribution in [0.3, 0.4) is 0 Å². The molecule has 1 aliphatic rings. The molecule has 0 amide bonds. The maximum Gasteiger partial charge on any atom is 0.182 e. The van der Waals surface area contributed by atoms with Crippen LogP contribution in [-0.2, 0) is 11.3 Å². The summed E-state index contributed by atoms with van der Waals surface area (Å²) in [6.45, 7) is 2.06. The summed E-state index contributed by atoms with van der Waals surface area (Å²) >= 11 is 0. The molecular weight excluding hydrogens is 270 g/mol. The normalized spacial score (nSPS) is 14.3. The minimum atomic E-state index is 0.605. The molecule has 3 rings (SSSR count). The van der Waals surface area contributed by atoms with E-state index in [-0.39, 0.29) is 0 Å².